The maximum absolute atomic E-state index is 13.0. The van der Waals surface area contributed by atoms with Gasteiger partial charge in [-0.05, 0) is 30.7 Å². The maximum Gasteiger partial charge on any atom is 0.392 e. The van der Waals surface area contributed by atoms with Crippen LogP contribution in [0.1, 0.15) is 16.2 Å². The number of halogens is 1. The van der Waals surface area contributed by atoms with Crippen LogP contribution in [0.4, 0.5) is 4.39 Å². The Morgan fingerprint density at radius 1 is 1.50 bits per heavy atom. The second-order valence-electron chi connectivity index (χ2n) is 3.30. The average Bonchev–Trinajstić information content (AvgIpc) is 2.71. The quantitative estimate of drug-likeness (QED) is 0.846. The normalized spacial score (nSPS) is 10.4. The number of aromatic nitrogens is 1. The SMILES string of the molecule is Cc1cc(-c2cnc(C(=O)O)o2)ccc1F. The lowest BCUT2D eigenvalue weighted by Gasteiger charge is -1.99. The summed E-state index contributed by atoms with van der Waals surface area (Å²) in [4.78, 5) is 14.1. The van der Waals surface area contributed by atoms with Gasteiger partial charge in [-0.1, -0.05) is 0 Å². The van der Waals surface area contributed by atoms with Crippen molar-refractivity contribution in [1.82, 2.24) is 4.98 Å². The van der Waals surface area contributed by atoms with Crippen molar-refractivity contribution >= 4 is 5.97 Å². The highest BCUT2D eigenvalue weighted by Crippen LogP contribution is 2.22. The lowest BCUT2D eigenvalue weighted by molar-refractivity contribution is 0.0654. The molecule has 0 saturated heterocycles. The van der Waals surface area contributed by atoms with Gasteiger partial charge in [-0.3, -0.25) is 0 Å². The van der Waals surface area contributed by atoms with Gasteiger partial charge in [0.2, 0.25) is 0 Å². The van der Waals surface area contributed by atoms with E-state index >= 15 is 0 Å². The van der Waals surface area contributed by atoms with Crippen molar-refractivity contribution in [2.75, 3.05) is 0 Å². The number of benzene rings is 1. The molecule has 0 bridgehead atoms. The third-order valence-electron chi connectivity index (χ3n) is 2.13. The number of oxazole rings is 1. The molecule has 0 atom stereocenters. The molecular weight excluding hydrogens is 213 g/mol. The molecule has 82 valence electrons. The second kappa shape index (κ2) is 3.77. The summed E-state index contributed by atoms with van der Waals surface area (Å²) < 4.78 is 18.0. The molecule has 0 aliphatic heterocycles. The number of rotatable bonds is 2. The summed E-state index contributed by atoms with van der Waals surface area (Å²) in [5.41, 5.74) is 1.06. The monoisotopic (exact) mass is 221 g/mol. The van der Waals surface area contributed by atoms with Crippen molar-refractivity contribution in [3.8, 4) is 11.3 Å². The van der Waals surface area contributed by atoms with Crippen LogP contribution in [0.5, 0.6) is 0 Å². The summed E-state index contributed by atoms with van der Waals surface area (Å²) in [5.74, 6) is -1.62. The van der Waals surface area contributed by atoms with Gasteiger partial charge in [-0.2, -0.15) is 0 Å². The Bertz CT molecular complexity index is 548. The predicted molar refractivity (Wildman–Crippen MR) is 53.6 cm³/mol. The number of hydrogen-bond acceptors (Lipinski definition) is 3. The average molecular weight is 221 g/mol. The van der Waals surface area contributed by atoms with E-state index in [0.717, 1.165) is 0 Å². The fourth-order valence-electron chi connectivity index (χ4n) is 1.30. The molecular formula is C11H8FNO3. The molecule has 0 amide bonds. The van der Waals surface area contributed by atoms with E-state index in [9.17, 15) is 9.18 Å². The highest BCUT2D eigenvalue weighted by molar-refractivity contribution is 5.82. The third kappa shape index (κ3) is 1.79. The highest BCUT2D eigenvalue weighted by atomic mass is 19.1. The van der Waals surface area contributed by atoms with Gasteiger partial charge in [0.25, 0.3) is 0 Å². The number of nitrogens with zero attached hydrogens (tertiary/aromatic N) is 1. The first kappa shape index (κ1) is 10.4. The standard InChI is InChI=1S/C11H8FNO3/c1-6-4-7(2-3-8(6)12)9-5-13-10(16-9)11(14)15/h2-5H,1H3,(H,14,15). The van der Waals surface area contributed by atoms with Crippen LogP contribution < -0.4 is 0 Å². The smallest absolute Gasteiger partial charge is 0.392 e. The first-order valence-corrected chi connectivity index (χ1v) is 4.53. The summed E-state index contributed by atoms with van der Waals surface area (Å²) in [5, 5.41) is 8.63. The molecule has 0 aliphatic carbocycles. The number of carbonyl (C=O) groups is 1. The van der Waals surface area contributed by atoms with Crippen LogP contribution >= 0.6 is 0 Å². The van der Waals surface area contributed by atoms with Crippen LogP contribution in [0.3, 0.4) is 0 Å². The molecule has 0 spiro atoms. The number of hydrogen-bond donors (Lipinski definition) is 1. The molecule has 4 nitrogen and oxygen atoms in total. The first-order valence-electron chi connectivity index (χ1n) is 4.53. The van der Waals surface area contributed by atoms with Crippen LogP contribution in [0, 0.1) is 12.7 Å². The third-order valence-corrected chi connectivity index (χ3v) is 2.13. The van der Waals surface area contributed by atoms with Crippen LogP contribution in [0.2, 0.25) is 0 Å². The van der Waals surface area contributed by atoms with Crippen LogP contribution in [-0.2, 0) is 0 Å². The van der Waals surface area contributed by atoms with Crippen molar-refractivity contribution in [3.63, 3.8) is 0 Å². The van der Waals surface area contributed by atoms with Gasteiger partial charge in [-0.25, -0.2) is 14.2 Å². The van der Waals surface area contributed by atoms with Gasteiger partial charge in [0.1, 0.15) is 5.82 Å². The predicted octanol–water partition coefficient (Wildman–Crippen LogP) is 2.49. The van der Waals surface area contributed by atoms with Crippen molar-refractivity contribution in [2.24, 2.45) is 0 Å². The topological polar surface area (TPSA) is 63.3 Å². The van der Waals surface area contributed by atoms with E-state index in [-0.39, 0.29) is 11.7 Å². The Labute approximate surface area is 90.4 Å². The molecule has 0 radical (unpaired) electrons. The molecule has 16 heavy (non-hydrogen) atoms. The fourth-order valence-corrected chi connectivity index (χ4v) is 1.30. The lowest BCUT2D eigenvalue weighted by Crippen LogP contribution is -1.94. The first-order chi connectivity index (χ1) is 7.58. The van der Waals surface area contributed by atoms with E-state index in [0.29, 0.717) is 16.9 Å². The number of aromatic carboxylic acids is 1. The summed E-state index contributed by atoms with van der Waals surface area (Å²) in [6.45, 7) is 1.62. The highest BCUT2D eigenvalue weighted by Gasteiger charge is 2.12. The number of carboxylic acid groups (broad SMARTS) is 1. The minimum absolute atomic E-state index is 0.306. The van der Waals surface area contributed by atoms with Crippen molar-refractivity contribution < 1.29 is 18.7 Å². The fraction of sp³-hybridized carbons (Fsp3) is 0.0909. The van der Waals surface area contributed by atoms with Crippen LogP contribution in [0.15, 0.2) is 28.8 Å². The number of aryl methyl sites for hydroxylation is 1. The summed E-state index contributed by atoms with van der Waals surface area (Å²) >= 11 is 0. The molecule has 2 aromatic rings. The molecule has 0 unspecified atom stereocenters. The lowest BCUT2D eigenvalue weighted by atomic mass is 10.1. The Hall–Kier alpha value is -2.17. The summed E-state index contributed by atoms with van der Waals surface area (Å²) in [7, 11) is 0. The molecule has 1 aromatic heterocycles. The second-order valence-corrected chi connectivity index (χ2v) is 3.30. The zero-order valence-electron chi connectivity index (χ0n) is 8.40. The molecule has 0 aliphatic rings. The van der Waals surface area contributed by atoms with E-state index < -0.39 is 5.97 Å². The molecule has 0 fully saturated rings. The molecule has 2 rings (SSSR count). The Kier molecular flexibility index (Phi) is 2.44. The molecule has 1 N–H and O–H groups in total. The minimum atomic E-state index is -1.23. The van der Waals surface area contributed by atoms with Crippen LogP contribution in [-0.4, -0.2) is 16.1 Å². The maximum atomic E-state index is 13.0. The largest absolute Gasteiger partial charge is 0.474 e. The zero-order chi connectivity index (χ0) is 11.7. The van der Waals surface area contributed by atoms with E-state index in [4.69, 9.17) is 9.52 Å². The van der Waals surface area contributed by atoms with E-state index in [2.05, 4.69) is 4.98 Å². The Morgan fingerprint density at radius 2 is 2.25 bits per heavy atom. The van der Waals surface area contributed by atoms with Crippen molar-refractivity contribution in [2.45, 2.75) is 6.92 Å². The van der Waals surface area contributed by atoms with Gasteiger partial charge < -0.3 is 9.52 Å². The van der Waals surface area contributed by atoms with E-state index in [1.54, 1.807) is 13.0 Å². The minimum Gasteiger partial charge on any atom is -0.474 e. The molecule has 1 heterocycles. The summed E-state index contributed by atoms with van der Waals surface area (Å²) in [6, 6.07) is 4.38. The van der Waals surface area contributed by atoms with E-state index in [1.165, 1.54) is 18.3 Å². The van der Waals surface area contributed by atoms with Gasteiger partial charge in [0.05, 0.1) is 6.20 Å². The Balaban J connectivity index is 2.42. The Morgan fingerprint density at radius 3 is 2.81 bits per heavy atom. The van der Waals surface area contributed by atoms with Gasteiger partial charge >= 0.3 is 11.9 Å². The zero-order valence-corrected chi connectivity index (χ0v) is 8.40. The van der Waals surface area contributed by atoms with Crippen molar-refractivity contribution in [1.29, 1.82) is 0 Å². The molecule has 0 saturated carbocycles. The molecule has 1 aromatic carbocycles. The van der Waals surface area contributed by atoms with E-state index in [1.807, 2.05) is 0 Å². The summed E-state index contributed by atoms with van der Waals surface area (Å²) in [6.07, 6.45) is 1.30. The molecule has 5 heteroatoms. The van der Waals surface area contributed by atoms with Crippen molar-refractivity contribution in [3.05, 3.63) is 41.7 Å². The van der Waals surface area contributed by atoms with Crippen LogP contribution in [0.25, 0.3) is 11.3 Å². The number of carboxylic acids is 1. The van der Waals surface area contributed by atoms with Gasteiger partial charge in [-0.15, -0.1) is 0 Å². The van der Waals surface area contributed by atoms with Gasteiger partial charge in [0.15, 0.2) is 5.76 Å². The van der Waals surface area contributed by atoms with Gasteiger partial charge in [0, 0.05) is 5.56 Å².